The Kier molecular flexibility index (Phi) is 4.86. The average molecular weight is 315 g/mol. The van der Waals surface area contributed by atoms with E-state index in [4.69, 9.17) is 0 Å². The molecule has 3 N–H and O–H groups in total. The van der Waals surface area contributed by atoms with Gasteiger partial charge in [-0.3, -0.25) is 0 Å². The first-order chi connectivity index (χ1) is 11.2. The summed E-state index contributed by atoms with van der Waals surface area (Å²) in [6.45, 7) is 3.56. The molecule has 0 spiro atoms. The van der Waals surface area contributed by atoms with Crippen molar-refractivity contribution >= 4 is 16.9 Å². The molecular formula is C18H25N3O2. The van der Waals surface area contributed by atoms with Crippen molar-refractivity contribution in [3.8, 4) is 0 Å². The van der Waals surface area contributed by atoms with E-state index in [0.29, 0.717) is 6.54 Å². The van der Waals surface area contributed by atoms with E-state index in [1.165, 1.54) is 22.0 Å². The van der Waals surface area contributed by atoms with Gasteiger partial charge >= 0.3 is 6.03 Å². The van der Waals surface area contributed by atoms with Gasteiger partial charge < -0.3 is 20.3 Å². The molecule has 1 unspecified atom stereocenters. The lowest BCUT2D eigenvalue weighted by Crippen LogP contribution is -2.44. The molecule has 1 aromatic heterocycles. The van der Waals surface area contributed by atoms with Gasteiger partial charge in [0.15, 0.2) is 0 Å². The summed E-state index contributed by atoms with van der Waals surface area (Å²) >= 11 is 0. The first-order valence-corrected chi connectivity index (χ1v) is 8.47. The van der Waals surface area contributed by atoms with Crippen molar-refractivity contribution in [1.29, 1.82) is 0 Å². The monoisotopic (exact) mass is 315 g/mol. The van der Waals surface area contributed by atoms with E-state index < -0.39 is 0 Å². The molecule has 3 rings (SSSR count). The number of rotatable bonds is 5. The Bertz CT molecular complexity index is 680. The molecule has 5 heteroatoms. The first kappa shape index (κ1) is 15.9. The molecule has 2 heterocycles. The molecule has 1 aliphatic heterocycles. The summed E-state index contributed by atoms with van der Waals surface area (Å²) in [5.41, 5.74) is 3.76. The summed E-state index contributed by atoms with van der Waals surface area (Å²) < 4.78 is 0. The summed E-state index contributed by atoms with van der Waals surface area (Å²) in [6.07, 6.45) is 5.72. The topological polar surface area (TPSA) is 68.4 Å². The first-order valence-electron chi connectivity index (χ1n) is 8.47. The molecule has 1 fully saturated rings. The number of urea groups is 1. The number of H-pyrrole nitrogens is 1. The number of aromatic amines is 1. The van der Waals surface area contributed by atoms with Crippen LogP contribution in [0, 0.1) is 0 Å². The number of benzene rings is 1. The van der Waals surface area contributed by atoms with Gasteiger partial charge in [-0.15, -0.1) is 0 Å². The van der Waals surface area contributed by atoms with Gasteiger partial charge in [0, 0.05) is 30.2 Å². The zero-order valence-electron chi connectivity index (χ0n) is 13.6. The van der Waals surface area contributed by atoms with Crippen LogP contribution in [0.3, 0.4) is 0 Å². The highest BCUT2D eigenvalue weighted by Crippen LogP contribution is 2.22. The van der Waals surface area contributed by atoms with Crippen molar-refractivity contribution in [1.82, 2.24) is 15.2 Å². The normalized spacial score (nSPS) is 17.8. The predicted octanol–water partition coefficient (Wildman–Crippen LogP) is 2.44. The van der Waals surface area contributed by atoms with E-state index in [1.807, 2.05) is 6.20 Å². The molecule has 1 saturated heterocycles. The number of aliphatic hydroxyl groups excluding tert-OH is 1. The molecule has 0 aliphatic carbocycles. The number of hydrogen-bond donors (Lipinski definition) is 3. The van der Waals surface area contributed by atoms with Crippen LogP contribution in [0.1, 0.15) is 30.9 Å². The third-order valence-corrected chi connectivity index (χ3v) is 4.79. The van der Waals surface area contributed by atoms with Gasteiger partial charge in [-0.1, -0.05) is 25.1 Å². The van der Waals surface area contributed by atoms with Crippen LogP contribution < -0.4 is 5.32 Å². The van der Waals surface area contributed by atoms with Gasteiger partial charge in [0.05, 0.1) is 12.6 Å². The lowest BCUT2D eigenvalue weighted by atomic mass is 10.1. The van der Waals surface area contributed by atoms with Gasteiger partial charge in [-0.25, -0.2) is 4.79 Å². The lowest BCUT2D eigenvalue weighted by Gasteiger charge is -2.23. The minimum atomic E-state index is -0.0596. The third-order valence-electron chi connectivity index (χ3n) is 4.79. The van der Waals surface area contributed by atoms with Crippen molar-refractivity contribution < 1.29 is 9.90 Å². The number of fused-ring (bicyclic) bond motifs is 1. The smallest absolute Gasteiger partial charge is 0.317 e. The Balaban J connectivity index is 1.60. The number of para-hydroxylation sites is 1. The van der Waals surface area contributed by atoms with Gasteiger partial charge in [0.2, 0.25) is 0 Å². The van der Waals surface area contributed by atoms with Crippen molar-refractivity contribution in [2.75, 3.05) is 19.7 Å². The number of nitrogens with zero attached hydrogens (tertiary/aromatic N) is 1. The highest BCUT2D eigenvalue weighted by atomic mass is 16.3. The number of carbonyl (C=O) groups excluding carboxylic acids is 1. The van der Waals surface area contributed by atoms with Crippen LogP contribution in [0.2, 0.25) is 0 Å². The van der Waals surface area contributed by atoms with Crippen LogP contribution in [0.4, 0.5) is 4.79 Å². The second-order valence-electron chi connectivity index (χ2n) is 6.16. The highest BCUT2D eigenvalue weighted by Gasteiger charge is 2.27. The minimum Gasteiger partial charge on any atom is -0.394 e. The molecule has 1 aliphatic rings. The maximum Gasteiger partial charge on any atom is 0.317 e. The van der Waals surface area contributed by atoms with Crippen molar-refractivity contribution in [3.63, 3.8) is 0 Å². The van der Waals surface area contributed by atoms with Crippen LogP contribution in [-0.4, -0.2) is 46.8 Å². The number of aromatic nitrogens is 1. The zero-order valence-corrected chi connectivity index (χ0v) is 13.6. The van der Waals surface area contributed by atoms with Crippen LogP contribution in [-0.2, 0) is 12.8 Å². The Morgan fingerprint density at radius 1 is 1.43 bits per heavy atom. The zero-order chi connectivity index (χ0) is 16.2. The van der Waals surface area contributed by atoms with Crippen LogP contribution in [0.15, 0.2) is 24.4 Å². The summed E-state index contributed by atoms with van der Waals surface area (Å²) in [4.78, 5) is 17.3. The Labute approximate surface area is 136 Å². The molecule has 0 saturated carbocycles. The van der Waals surface area contributed by atoms with E-state index in [-0.39, 0.29) is 18.7 Å². The largest absolute Gasteiger partial charge is 0.394 e. The molecule has 2 aromatic rings. The second kappa shape index (κ2) is 7.04. The maximum atomic E-state index is 12.2. The van der Waals surface area contributed by atoms with Gasteiger partial charge in [0.1, 0.15) is 0 Å². The minimum absolute atomic E-state index is 0.0183. The number of likely N-dealkylation sites (tertiary alicyclic amines) is 1. The second-order valence-corrected chi connectivity index (χ2v) is 6.16. The molecule has 124 valence electrons. The lowest BCUT2D eigenvalue weighted by molar-refractivity contribution is 0.157. The van der Waals surface area contributed by atoms with E-state index >= 15 is 0 Å². The fourth-order valence-corrected chi connectivity index (χ4v) is 3.48. The van der Waals surface area contributed by atoms with Gasteiger partial charge in [-0.05, 0) is 36.8 Å². The van der Waals surface area contributed by atoms with Gasteiger partial charge in [-0.2, -0.15) is 0 Å². The SMILES string of the molecule is CCc1cccc2c(CCNC(=O)N3CCCC3CO)c[nH]c12. The number of amides is 2. The molecule has 5 nitrogen and oxygen atoms in total. The maximum absolute atomic E-state index is 12.2. The molecule has 23 heavy (non-hydrogen) atoms. The number of carbonyl (C=O) groups is 1. The Morgan fingerprint density at radius 2 is 2.30 bits per heavy atom. The fourth-order valence-electron chi connectivity index (χ4n) is 3.48. The number of hydrogen-bond acceptors (Lipinski definition) is 2. The van der Waals surface area contributed by atoms with Crippen LogP contribution in [0.25, 0.3) is 10.9 Å². The Morgan fingerprint density at radius 3 is 3.09 bits per heavy atom. The van der Waals surface area contributed by atoms with E-state index in [1.54, 1.807) is 4.90 Å². The summed E-state index contributed by atoms with van der Waals surface area (Å²) in [5, 5.41) is 13.5. The van der Waals surface area contributed by atoms with Gasteiger partial charge in [0.25, 0.3) is 0 Å². The van der Waals surface area contributed by atoms with E-state index in [9.17, 15) is 9.90 Å². The standard InChI is InChI=1S/C18H25N3O2/c1-2-13-5-3-7-16-14(11-20-17(13)16)8-9-19-18(23)21-10-4-6-15(21)12-22/h3,5,7,11,15,20,22H,2,4,6,8-10,12H2,1H3,(H,19,23). The Hall–Kier alpha value is -2.01. The highest BCUT2D eigenvalue weighted by molar-refractivity contribution is 5.86. The van der Waals surface area contributed by atoms with Crippen molar-refractivity contribution in [2.45, 2.75) is 38.6 Å². The molecule has 0 radical (unpaired) electrons. The van der Waals surface area contributed by atoms with Crippen molar-refractivity contribution in [3.05, 3.63) is 35.5 Å². The number of nitrogens with one attached hydrogen (secondary N) is 2. The molecule has 1 aromatic carbocycles. The summed E-state index contributed by atoms with van der Waals surface area (Å²) in [6, 6.07) is 6.29. The van der Waals surface area contributed by atoms with E-state index in [2.05, 4.69) is 35.4 Å². The number of aliphatic hydroxyl groups is 1. The summed E-state index contributed by atoms with van der Waals surface area (Å²) in [5.74, 6) is 0. The van der Waals surface area contributed by atoms with Crippen molar-refractivity contribution in [2.24, 2.45) is 0 Å². The molecule has 0 bridgehead atoms. The number of aryl methyl sites for hydroxylation is 1. The summed E-state index contributed by atoms with van der Waals surface area (Å²) in [7, 11) is 0. The van der Waals surface area contributed by atoms with Crippen LogP contribution >= 0.6 is 0 Å². The molecular weight excluding hydrogens is 290 g/mol. The quantitative estimate of drug-likeness (QED) is 0.793. The average Bonchev–Trinajstić information content (AvgIpc) is 3.21. The van der Waals surface area contributed by atoms with E-state index in [0.717, 1.165) is 32.2 Å². The predicted molar refractivity (Wildman–Crippen MR) is 91.6 cm³/mol. The molecule has 2 amide bonds. The fraction of sp³-hybridized carbons (Fsp3) is 0.500. The third kappa shape index (κ3) is 3.20. The molecule has 1 atom stereocenters. The van der Waals surface area contributed by atoms with Crippen LogP contribution in [0.5, 0.6) is 0 Å².